The number of aromatic nitrogens is 1. The van der Waals surface area contributed by atoms with Gasteiger partial charge in [0.15, 0.2) is 16.6 Å². The van der Waals surface area contributed by atoms with Crippen LogP contribution in [0.3, 0.4) is 0 Å². The lowest BCUT2D eigenvalue weighted by molar-refractivity contribution is 0.102. The van der Waals surface area contributed by atoms with Crippen molar-refractivity contribution in [2.24, 2.45) is 0 Å². The number of anilines is 1. The predicted octanol–water partition coefficient (Wildman–Crippen LogP) is 6.00. The number of carbonyl (C=O) groups excluding carboxylic acids is 1. The summed E-state index contributed by atoms with van der Waals surface area (Å²) in [5.74, 6) is 1.09. The number of methoxy groups -OCH3 is 2. The van der Waals surface area contributed by atoms with Crippen LogP contribution >= 0.6 is 27.3 Å². The van der Waals surface area contributed by atoms with Gasteiger partial charge in [0, 0.05) is 21.0 Å². The second-order valence-corrected chi connectivity index (χ2v) is 7.91. The van der Waals surface area contributed by atoms with Crippen LogP contribution in [0.25, 0.3) is 22.0 Å². The van der Waals surface area contributed by atoms with E-state index in [1.54, 1.807) is 14.2 Å². The van der Waals surface area contributed by atoms with E-state index in [0.29, 0.717) is 22.2 Å². The number of rotatable bonds is 5. The van der Waals surface area contributed by atoms with Crippen LogP contribution in [0.5, 0.6) is 11.5 Å². The van der Waals surface area contributed by atoms with E-state index in [1.165, 1.54) is 11.3 Å². The summed E-state index contributed by atoms with van der Waals surface area (Å²) >= 11 is 4.91. The van der Waals surface area contributed by atoms with Gasteiger partial charge in [-0.1, -0.05) is 40.2 Å². The van der Waals surface area contributed by atoms with Gasteiger partial charge in [0.1, 0.15) is 0 Å². The van der Waals surface area contributed by atoms with Crippen LogP contribution in [0, 0.1) is 0 Å². The molecule has 1 amide bonds. The van der Waals surface area contributed by atoms with E-state index >= 15 is 0 Å². The minimum atomic E-state index is -0.193. The van der Waals surface area contributed by atoms with Gasteiger partial charge in [0.2, 0.25) is 0 Å². The lowest BCUT2D eigenvalue weighted by Gasteiger charge is -2.08. The van der Waals surface area contributed by atoms with Crippen LogP contribution in [0.15, 0.2) is 64.5 Å². The molecule has 29 heavy (non-hydrogen) atoms. The van der Waals surface area contributed by atoms with E-state index in [-0.39, 0.29) is 5.91 Å². The fraction of sp³-hybridized carbons (Fsp3) is 0.0909. The normalized spacial score (nSPS) is 10.7. The van der Waals surface area contributed by atoms with Crippen molar-refractivity contribution in [3.05, 3.63) is 70.0 Å². The van der Waals surface area contributed by atoms with E-state index in [4.69, 9.17) is 9.47 Å². The highest BCUT2D eigenvalue weighted by molar-refractivity contribution is 9.10. The SMILES string of the molecule is COc1ccc(-c2csc(NC(=O)c3cccc4c(Br)cccc34)n2)cc1OC. The summed E-state index contributed by atoms with van der Waals surface area (Å²) in [5, 5.41) is 7.22. The van der Waals surface area contributed by atoms with Crippen molar-refractivity contribution in [1.82, 2.24) is 4.98 Å². The number of halogens is 1. The zero-order valence-corrected chi connectivity index (χ0v) is 18.1. The molecule has 0 aliphatic rings. The minimum absolute atomic E-state index is 0.193. The number of benzene rings is 3. The van der Waals surface area contributed by atoms with Gasteiger partial charge in [-0.25, -0.2) is 4.98 Å². The number of nitrogens with zero attached hydrogens (tertiary/aromatic N) is 1. The molecule has 0 aliphatic heterocycles. The van der Waals surface area contributed by atoms with E-state index in [0.717, 1.165) is 26.5 Å². The molecule has 1 aromatic heterocycles. The van der Waals surface area contributed by atoms with Crippen molar-refractivity contribution in [1.29, 1.82) is 0 Å². The van der Waals surface area contributed by atoms with Gasteiger partial charge < -0.3 is 9.47 Å². The molecule has 1 N–H and O–H groups in total. The number of carbonyl (C=O) groups is 1. The summed E-state index contributed by atoms with van der Waals surface area (Å²) in [4.78, 5) is 17.4. The molecular weight excluding hydrogens is 452 g/mol. The number of amides is 1. The molecule has 3 aromatic carbocycles. The number of ether oxygens (including phenoxy) is 2. The highest BCUT2D eigenvalue weighted by Crippen LogP contribution is 2.34. The lowest BCUT2D eigenvalue weighted by atomic mass is 10.0. The van der Waals surface area contributed by atoms with Crippen molar-refractivity contribution < 1.29 is 14.3 Å². The van der Waals surface area contributed by atoms with Crippen molar-refractivity contribution >= 4 is 49.1 Å². The average molecular weight is 469 g/mol. The Labute approximate surface area is 180 Å². The fourth-order valence-corrected chi connectivity index (χ4v) is 4.31. The molecule has 0 aliphatic carbocycles. The summed E-state index contributed by atoms with van der Waals surface area (Å²) in [6, 6.07) is 17.1. The van der Waals surface area contributed by atoms with Gasteiger partial charge in [0.05, 0.1) is 19.9 Å². The molecule has 146 valence electrons. The second kappa shape index (κ2) is 8.23. The van der Waals surface area contributed by atoms with Gasteiger partial charge in [-0.2, -0.15) is 0 Å². The highest BCUT2D eigenvalue weighted by atomic mass is 79.9. The van der Waals surface area contributed by atoms with Crippen molar-refractivity contribution in [2.45, 2.75) is 0 Å². The summed E-state index contributed by atoms with van der Waals surface area (Å²) in [6.45, 7) is 0. The Balaban J connectivity index is 1.60. The maximum Gasteiger partial charge on any atom is 0.258 e. The first-order valence-electron chi connectivity index (χ1n) is 8.77. The predicted molar refractivity (Wildman–Crippen MR) is 120 cm³/mol. The molecule has 1 heterocycles. The molecule has 0 saturated carbocycles. The molecule has 0 atom stereocenters. The minimum Gasteiger partial charge on any atom is -0.493 e. The summed E-state index contributed by atoms with van der Waals surface area (Å²) in [7, 11) is 3.19. The summed E-state index contributed by atoms with van der Waals surface area (Å²) in [6.07, 6.45) is 0. The quantitative estimate of drug-likeness (QED) is 0.390. The maximum atomic E-state index is 12.9. The van der Waals surface area contributed by atoms with Crippen molar-refractivity contribution in [2.75, 3.05) is 19.5 Å². The highest BCUT2D eigenvalue weighted by Gasteiger charge is 2.14. The molecule has 0 bridgehead atoms. The Morgan fingerprint density at radius 2 is 1.76 bits per heavy atom. The summed E-state index contributed by atoms with van der Waals surface area (Å²) in [5.41, 5.74) is 2.24. The molecule has 5 nitrogen and oxygen atoms in total. The van der Waals surface area contributed by atoms with Crippen LogP contribution in [0.1, 0.15) is 10.4 Å². The number of hydrogen-bond donors (Lipinski definition) is 1. The third-order valence-corrected chi connectivity index (χ3v) is 5.97. The van der Waals surface area contributed by atoms with Gasteiger partial charge in [-0.05, 0) is 41.1 Å². The van der Waals surface area contributed by atoms with Gasteiger partial charge >= 0.3 is 0 Å². The van der Waals surface area contributed by atoms with Crippen LogP contribution in [0.2, 0.25) is 0 Å². The number of fused-ring (bicyclic) bond motifs is 1. The van der Waals surface area contributed by atoms with Crippen LogP contribution in [0.4, 0.5) is 5.13 Å². The first-order valence-corrected chi connectivity index (χ1v) is 10.4. The van der Waals surface area contributed by atoms with Crippen LogP contribution in [-0.2, 0) is 0 Å². The van der Waals surface area contributed by atoms with E-state index in [9.17, 15) is 4.79 Å². The average Bonchev–Trinajstić information content (AvgIpc) is 3.21. The molecule has 4 aromatic rings. The first-order chi connectivity index (χ1) is 14.1. The molecule has 0 fully saturated rings. The Bertz CT molecular complexity index is 1210. The molecule has 0 saturated heterocycles. The van der Waals surface area contributed by atoms with Gasteiger partial charge in [-0.3, -0.25) is 10.1 Å². The van der Waals surface area contributed by atoms with E-state index in [2.05, 4.69) is 26.2 Å². The summed E-state index contributed by atoms with van der Waals surface area (Å²) < 4.78 is 11.6. The largest absolute Gasteiger partial charge is 0.493 e. The molecule has 0 unspecified atom stereocenters. The van der Waals surface area contributed by atoms with Gasteiger partial charge in [0.25, 0.3) is 5.91 Å². The number of hydrogen-bond acceptors (Lipinski definition) is 5. The maximum absolute atomic E-state index is 12.9. The molecule has 0 spiro atoms. The molecular formula is C22H17BrN2O3S. The van der Waals surface area contributed by atoms with Crippen LogP contribution < -0.4 is 14.8 Å². The van der Waals surface area contributed by atoms with E-state index in [1.807, 2.05) is 60.0 Å². The van der Waals surface area contributed by atoms with Gasteiger partial charge in [-0.15, -0.1) is 11.3 Å². The lowest BCUT2D eigenvalue weighted by Crippen LogP contribution is -2.12. The third kappa shape index (κ3) is 3.83. The fourth-order valence-electron chi connectivity index (χ4n) is 3.09. The Kier molecular flexibility index (Phi) is 5.51. The Hall–Kier alpha value is -2.90. The number of thiazole rings is 1. The standard InChI is InChI=1S/C22H17BrN2O3S/c1-27-19-10-9-13(11-20(19)28-2)18-12-29-22(24-18)25-21(26)16-7-3-6-15-14(16)5-4-8-17(15)23/h3-12H,1-2H3,(H,24,25,26). The van der Waals surface area contributed by atoms with Crippen molar-refractivity contribution in [3.8, 4) is 22.8 Å². The molecule has 7 heteroatoms. The second-order valence-electron chi connectivity index (χ2n) is 6.20. The Morgan fingerprint density at radius 3 is 2.55 bits per heavy atom. The van der Waals surface area contributed by atoms with Crippen LogP contribution in [-0.4, -0.2) is 25.1 Å². The Morgan fingerprint density at radius 1 is 1.00 bits per heavy atom. The zero-order valence-electron chi connectivity index (χ0n) is 15.7. The zero-order chi connectivity index (χ0) is 20.4. The monoisotopic (exact) mass is 468 g/mol. The first kappa shape index (κ1) is 19.4. The smallest absolute Gasteiger partial charge is 0.258 e. The molecule has 4 rings (SSSR count). The topological polar surface area (TPSA) is 60.5 Å². The molecule has 0 radical (unpaired) electrons. The van der Waals surface area contributed by atoms with Crippen molar-refractivity contribution in [3.63, 3.8) is 0 Å². The number of nitrogens with one attached hydrogen (secondary N) is 1. The van der Waals surface area contributed by atoms with E-state index < -0.39 is 0 Å². The third-order valence-electron chi connectivity index (χ3n) is 4.52.